The normalized spacial score (nSPS) is 15.5. The van der Waals surface area contributed by atoms with Gasteiger partial charge in [0.05, 0.1) is 11.9 Å². The fourth-order valence-electron chi connectivity index (χ4n) is 2.88. The third-order valence-corrected chi connectivity index (χ3v) is 5.60. The van der Waals surface area contributed by atoms with Crippen molar-refractivity contribution in [3.63, 3.8) is 0 Å². The average Bonchev–Trinajstić information content (AvgIpc) is 2.67. The molecule has 0 aliphatic carbocycles. The number of hydrogen-bond donors (Lipinski definition) is 3. The van der Waals surface area contributed by atoms with E-state index in [1.165, 1.54) is 24.3 Å². The van der Waals surface area contributed by atoms with Gasteiger partial charge in [0.25, 0.3) is 5.91 Å². The van der Waals surface area contributed by atoms with Crippen LogP contribution in [-0.4, -0.2) is 40.6 Å². The summed E-state index contributed by atoms with van der Waals surface area (Å²) in [6.45, 7) is 3.55. The summed E-state index contributed by atoms with van der Waals surface area (Å²) in [6, 6.07) is 11.2. The number of fused-ring (bicyclic) bond motifs is 1. The number of primary sulfonamides is 1. The van der Waals surface area contributed by atoms with E-state index in [-0.39, 0.29) is 16.8 Å². The molecule has 8 nitrogen and oxygen atoms in total. The van der Waals surface area contributed by atoms with Gasteiger partial charge in [-0.25, -0.2) is 13.6 Å². The number of quaternary nitrogens is 1. The highest BCUT2D eigenvalue weighted by Crippen LogP contribution is 2.30. The molecule has 1 aliphatic heterocycles. The van der Waals surface area contributed by atoms with E-state index in [1.807, 2.05) is 32.2 Å². The summed E-state index contributed by atoms with van der Waals surface area (Å²) in [6.07, 6.45) is 0. The molecule has 0 aromatic heterocycles. The van der Waals surface area contributed by atoms with E-state index in [0.717, 1.165) is 22.0 Å². The highest BCUT2D eigenvalue weighted by Gasteiger charge is 2.23. The molecule has 4 N–H and O–H groups in total. The SMILES string of the molecule is C[C@@H](C(=O)Nc1ccc(S(N)(=O)=O)cc1)[NH+](C)Cc1ccc2c(c1)OCCO2. The Balaban J connectivity index is 1.61. The molecule has 0 saturated heterocycles. The number of sulfonamides is 1. The van der Waals surface area contributed by atoms with Gasteiger partial charge in [-0.3, -0.25) is 4.79 Å². The van der Waals surface area contributed by atoms with Gasteiger partial charge < -0.3 is 19.7 Å². The Labute approximate surface area is 164 Å². The second-order valence-corrected chi connectivity index (χ2v) is 8.34. The average molecular weight is 406 g/mol. The van der Waals surface area contributed by atoms with E-state index in [1.54, 1.807) is 0 Å². The van der Waals surface area contributed by atoms with Crippen LogP contribution in [0.25, 0.3) is 0 Å². The van der Waals surface area contributed by atoms with Crippen molar-refractivity contribution < 1.29 is 27.6 Å². The number of carbonyl (C=O) groups excluding carboxylic acids is 1. The number of anilines is 1. The molecule has 150 valence electrons. The molecule has 28 heavy (non-hydrogen) atoms. The highest BCUT2D eigenvalue weighted by atomic mass is 32.2. The maximum atomic E-state index is 12.5. The van der Waals surface area contributed by atoms with Gasteiger partial charge in [-0.2, -0.15) is 0 Å². The van der Waals surface area contributed by atoms with Crippen LogP contribution in [0, 0.1) is 0 Å². The van der Waals surface area contributed by atoms with Gasteiger partial charge in [0.2, 0.25) is 10.0 Å². The summed E-state index contributed by atoms with van der Waals surface area (Å²) in [7, 11) is -1.82. The second kappa shape index (κ2) is 8.17. The minimum Gasteiger partial charge on any atom is -0.486 e. The number of ether oxygens (including phenoxy) is 2. The number of amides is 1. The summed E-state index contributed by atoms with van der Waals surface area (Å²) >= 11 is 0. The van der Waals surface area contributed by atoms with Crippen LogP contribution in [0.15, 0.2) is 47.4 Å². The van der Waals surface area contributed by atoms with Gasteiger partial charge in [-0.15, -0.1) is 0 Å². The van der Waals surface area contributed by atoms with Gasteiger partial charge in [0.15, 0.2) is 17.5 Å². The van der Waals surface area contributed by atoms with E-state index in [9.17, 15) is 13.2 Å². The van der Waals surface area contributed by atoms with Crippen molar-refractivity contribution in [2.24, 2.45) is 5.14 Å². The Kier molecular flexibility index (Phi) is 5.87. The zero-order chi connectivity index (χ0) is 20.3. The molecule has 1 aliphatic rings. The molecule has 1 heterocycles. The number of carbonyl (C=O) groups is 1. The number of nitrogens with two attached hydrogens (primary N) is 1. The smallest absolute Gasteiger partial charge is 0.282 e. The Bertz CT molecular complexity index is 960. The summed E-state index contributed by atoms with van der Waals surface area (Å²) in [5, 5.41) is 7.87. The van der Waals surface area contributed by atoms with Crippen LogP contribution in [0.2, 0.25) is 0 Å². The summed E-state index contributed by atoms with van der Waals surface area (Å²) in [4.78, 5) is 13.5. The first-order chi connectivity index (χ1) is 13.2. The van der Waals surface area contributed by atoms with Crippen LogP contribution in [0.5, 0.6) is 11.5 Å². The molecule has 2 atom stereocenters. The molecule has 1 unspecified atom stereocenters. The van der Waals surface area contributed by atoms with Crippen molar-refractivity contribution in [3.8, 4) is 11.5 Å². The van der Waals surface area contributed by atoms with Crippen LogP contribution in [0.1, 0.15) is 12.5 Å². The Morgan fingerprint density at radius 2 is 1.79 bits per heavy atom. The van der Waals surface area contributed by atoms with Gasteiger partial charge in [0, 0.05) is 11.3 Å². The number of likely N-dealkylation sites (N-methyl/N-ethyl adjacent to an activating group) is 1. The molecule has 0 spiro atoms. The lowest BCUT2D eigenvalue weighted by molar-refractivity contribution is -0.907. The minimum atomic E-state index is -3.76. The molecular weight excluding hydrogens is 382 g/mol. The molecule has 0 bridgehead atoms. The predicted molar refractivity (Wildman–Crippen MR) is 104 cm³/mol. The Morgan fingerprint density at radius 3 is 2.43 bits per heavy atom. The summed E-state index contributed by atoms with van der Waals surface area (Å²) < 4.78 is 33.7. The fourth-order valence-corrected chi connectivity index (χ4v) is 3.39. The van der Waals surface area contributed by atoms with E-state index >= 15 is 0 Å². The number of hydrogen-bond acceptors (Lipinski definition) is 5. The van der Waals surface area contributed by atoms with E-state index in [2.05, 4.69) is 5.32 Å². The molecule has 0 fully saturated rings. The van der Waals surface area contributed by atoms with Crippen LogP contribution < -0.4 is 24.8 Å². The molecule has 0 radical (unpaired) electrons. The summed E-state index contributed by atoms with van der Waals surface area (Å²) in [5.41, 5.74) is 1.55. The van der Waals surface area contributed by atoms with Crippen LogP contribution in [0.3, 0.4) is 0 Å². The molecule has 9 heteroatoms. The van der Waals surface area contributed by atoms with Crippen molar-refractivity contribution in [1.82, 2.24) is 0 Å². The van der Waals surface area contributed by atoms with Crippen molar-refractivity contribution >= 4 is 21.6 Å². The number of benzene rings is 2. The van der Waals surface area contributed by atoms with E-state index in [4.69, 9.17) is 14.6 Å². The Hall–Kier alpha value is -2.62. The minimum absolute atomic E-state index is 0.0000939. The Morgan fingerprint density at radius 1 is 1.14 bits per heavy atom. The topological polar surface area (TPSA) is 112 Å². The first-order valence-corrected chi connectivity index (χ1v) is 10.4. The lowest BCUT2D eigenvalue weighted by Crippen LogP contribution is -3.12. The quantitative estimate of drug-likeness (QED) is 0.632. The van der Waals surface area contributed by atoms with Gasteiger partial charge >= 0.3 is 0 Å². The van der Waals surface area contributed by atoms with Crippen LogP contribution >= 0.6 is 0 Å². The molecule has 1 amide bonds. The third kappa shape index (κ3) is 4.80. The first kappa shape index (κ1) is 20.1. The predicted octanol–water partition coefficient (Wildman–Crippen LogP) is 0.147. The molecule has 2 aromatic carbocycles. The monoisotopic (exact) mass is 406 g/mol. The maximum Gasteiger partial charge on any atom is 0.282 e. The number of nitrogens with one attached hydrogen (secondary N) is 2. The first-order valence-electron chi connectivity index (χ1n) is 8.88. The zero-order valence-electron chi connectivity index (χ0n) is 15.8. The lowest BCUT2D eigenvalue weighted by Gasteiger charge is -2.23. The highest BCUT2D eigenvalue weighted by molar-refractivity contribution is 7.89. The second-order valence-electron chi connectivity index (χ2n) is 6.78. The maximum absolute atomic E-state index is 12.5. The van der Waals surface area contributed by atoms with Crippen LogP contribution in [-0.2, 0) is 21.4 Å². The third-order valence-electron chi connectivity index (χ3n) is 4.67. The standard InChI is InChI=1S/C19H23N3O5S/c1-13(19(23)21-15-4-6-16(7-5-15)28(20,24)25)22(2)12-14-3-8-17-18(11-14)27-10-9-26-17/h3-8,11,13H,9-10,12H2,1-2H3,(H,21,23)(H2,20,24,25)/p+1/t13-/m0/s1. The lowest BCUT2D eigenvalue weighted by atomic mass is 10.1. The largest absolute Gasteiger partial charge is 0.486 e. The number of rotatable bonds is 6. The van der Waals surface area contributed by atoms with Gasteiger partial charge in [-0.05, 0) is 49.4 Å². The van der Waals surface area contributed by atoms with Crippen LogP contribution in [0.4, 0.5) is 5.69 Å². The fraction of sp³-hybridized carbons (Fsp3) is 0.316. The molecular formula is C19H24N3O5S+. The van der Waals surface area contributed by atoms with Crippen molar-refractivity contribution in [1.29, 1.82) is 0 Å². The summed E-state index contributed by atoms with van der Waals surface area (Å²) in [5.74, 6) is 1.29. The zero-order valence-corrected chi connectivity index (χ0v) is 16.6. The molecule has 3 rings (SSSR count). The van der Waals surface area contributed by atoms with Gasteiger partial charge in [-0.1, -0.05) is 0 Å². The van der Waals surface area contributed by atoms with E-state index in [0.29, 0.717) is 25.4 Å². The van der Waals surface area contributed by atoms with Crippen molar-refractivity contribution in [3.05, 3.63) is 48.0 Å². The van der Waals surface area contributed by atoms with Gasteiger partial charge in [0.1, 0.15) is 19.8 Å². The van der Waals surface area contributed by atoms with Crippen molar-refractivity contribution in [2.45, 2.75) is 24.4 Å². The van der Waals surface area contributed by atoms with Crippen molar-refractivity contribution in [2.75, 3.05) is 25.6 Å². The molecule has 0 saturated carbocycles. The van der Waals surface area contributed by atoms with E-state index < -0.39 is 10.0 Å². The molecule has 2 aromatic rings.